The normalized spacial score (nSPS) is 9.89. The molecule has 0 spiro atoms. The molecular weight excluding hydrogens is 224 g/mol. The summed E-state index contributed by atoms with van der Waals surface area (Å²) < 4.78 is 0. The molecule has 0 aliphatic rings. The van der Waals surface area contributed by atoms with Gasteiger partial charge >= 0.3 is 0 Å². The highest BCUT2D eigenvalue weighted by molar-refractivity contribution is 6.10. The first-order chi connectivity index (χ1) is 8.74. The van der Waals surface area contributed by atoms with Crippen molar-refractivity contribution < 1.29 is 4.79 Å². The smallest absolute Gasteiger partial charge is 0.193 e. The van der Waals surface area contributed by atoms with Crippen LogP contribution in [0.25, 0.3) is 0 Å². The van der Waals surface area contributed by atoms with Gasteiger partial charge in [-0.05, 0) is 18.2 Å². The van der Waals surface area contributed by atoms with Gasteiger partial charge in [0.05, 0.1) is 0 Å². The van der Waals surface area contributed by atoms with Gasteiger partial charge in [-0.1, -0.05) is 30.3 Å². The number of ketones is 1. The van der Waals surface area contributed by atoms with Crippen LogP contribution in [-0.2, 0) is 0 Å². The van der Waals surface area contributed by atoms with Crippen molar-refractivity contribution in [1.82, 2.24) is 0 Å². The average Bonchev–Trinajstić information content (AvgIpc) is 2.46. The lowest BCUT2D eigenvalue weighted by Gasteiger charge is -2.08. The van der Waals surface area contributed by atoms with Gasteiger partial charge in [-0.2, -0.15) is 0 Å². The summed E-state index contributed by atoms with van der Waals surface area (Å²) in [5, 5.41) is 6.11. The predicted octanol–water partition coefficient (Wildman–Crippen LogP) is 3.00. The number of hydrogen-bond donors (Lipinski definition) is 2. The van der Waals surface area contributed by atoms with E-state index in [1.807, 2.05) is 62.6 Å². The van der Waals surface area contributed by atoms with E-state index in [2.05, 4.69) is 10.6 Å². The zero-order chi connectivity index (χ0) is 13.0. The minimum absolute atomic E-state index is 0.0317. The summed E-state index contributed by atoms with van der Waals surface area (Å²) in [5.41, 5.74) is 3.22. The fourth-order valence-electron chi connectivity index (χ4n) is 1.80. The fraction of sp³-hybridized carbons (Fsp3) is 0.133. The zero-order valence-electron chi connectivity index (χ0n) is 10.5. The van der Waals surface area contributed by atoms with E-state index in [-0.39, 0.29) is 5.78 Å². The fourth-order valence-corrected chi connectivity index (χ4v) is 1.80. The maximum Gasteiger partial charge on any atom is 0.193 e. The van der Waals surface area contributed by atoms with Crippen molar-refractivity contribution in [3.63, 3.8) is 0 Å². The van der Waals surface area contributed by atoms with Crippen molar-refractivity contribution in [3.8, 4) is 0 Å². The third kappa shape index (κ3) is 2.51. The molecule has 0 unspecified atom stereocenters. The minimum atomic E-state index is 0.0317. The van der Waals surface area contributed by atoms with E-state index in [4.69, 9.17) is 0 Å². The Morgan fingerprint density at radius 3 is 1.89 bits per heavy atom. The van der Waals surface area contributed by atoms with Crippen molar-refractivity contribution in [2.75, 3.05) is 24.7 Å². The number of nitrogens with one attached hydrogen (secondary N) is 2. The summed E-state index contributed by atoms with van der Waals surface area (Å²) in [7, 11) is 3.68. The monoisotopic (exact) mass is 240 g/mol. The van der Waals surface area contributed by atoms with E-state index in [0.29, 0.717) is 11.1 Å². The van der Waals surface area contributed by atoms with Crippen LogP contribution in [0, 0.1) is 0 Å². The molecule has 0 heterocycles. The molecule has 0 saturated heterocycles. The van der Waals surface area contributed by atoms with Gasteiger partial charge in [0.25, 0.3) is 0 Å². The molecule has 2 rings (SSSR count). The second-order valence-corrected chi connectivity index (χ2v) is 3.99. The van der Waals surface area contributed by atoms with Crippen LogP contribution < -0.4 is 10.6 Å². The molecule has 18 heavy (non-hydrogen) atoms. The second kappa shape index (κ2) is 5.36. The van der Waals surface area contributed by atoms with E-state index < -0.39 is 0 Å². The standard InChI is InChI=1S/C15H16N2O/c1-16-13-8-12(9-14(10-13)17-2)15(18)11-6-4-3-5-7-11/h3-10,16-17H,1-2H3. The first-order valence-corrected chi connectivity index (χ1v) is 5.85. The molecule has 0 amide bonds. The molecule has 2 aromatic rings. The Kier molecular flexibility index (Phi) is 3.63. The van der Waals surface area contributed by atoms with Crippen LogP contribution >= 0.6 is 0 Å². The molecule has 2 N–H and O–H groups in total. The molecule has 0 saturated carbocycles. The van der Waals surface area contributed by atoms with Gasteiger partial charge in [0.2, 0.25) is 0 Å². The molecule has 0 bridgehead atoms. The van der Waals surface area contributed by atoms with Crippen LogP contribution in [0.3, 0.4) is 0 Å². The van der Waals surface area contributed by atoms with E-state index in [1.165, 1.54) is 0 Å². The van der Waals surface area contributed by atoms with Gasteiger partial charge < -0.3 is 10.6 Å². The number of carbonyl (C=O) groups excluding carboxylic acids is 1. The largest absolute Gasteiger partial charge is 0.388 e. The third-order valence-corrected chi connectivity index (χ3v) is 2.81. The Morgan fingerprint density at radius 1 is 0.833 bits per heavy atom. The first kappa shape index (κ1) is 12.2. The molecule has 3 nitrogen and oxygen atoms in total. The predicted molar refractivity (Wildman–Crippen MR) is 75.4 cm³/mol. The van der Waals surface area contributed by atoms with Gasteiger partial charge in [0, 0.05) is 36.6 Å². The molecular formula is C15H16N2O. The molecule has 0 aliphatic carbocycles. The van der Waals surface area contributed by atoms with Crippen LogP contribution in [0.1, 0.15) is 15.9 Å². The highest BCUT2D eigenvalue weighted by Crippen LogP contribution is 2.20. The molecule has 92 valence electrons. The van der Waals surface area contributed by atoms with Crippen LogP contribution in [0.5, 0.6) is 0 Å². The molecule has 3 heteroatoms. The van der Waals surface area contributed by atoms with Gasteiger partial charge in [-0.15, -0.1) is 0 Å². The van der Waals surface area contributed by atoms with E-state index >= 15 is 0 Å². The summed E-state index contributed by atoms with van der Waals surface area (Å²) in [4.78, 5) is 12.3. The Hall–Kier alpha value is -2.29. The number of hydrogen-bond acceptors (Lipinski definition) is 3. The average molecular weight is 240 g/mol. The quantitative estimate of drug-likeness (QED) is 0.807. The van der Waals surface area contributed by atoms with Crippen LogP contribution in [0.4, 0.5) is 11.4 Å². The van der Waals surface area contributed by atoms with E-state index in [1.54, 1.807) is 0 Å². The summed E-state index contributed by atoms with van der Waals surface area (Å²) in [6, 6.07) is 15.0. The first-order valence-electron chi connectivity index (χ1n) is 5.85. The highest BCUT2D eigenvalue weighted by atomic mass is 16.1. The molecule has 0 aromatic heterocycles. The van der Waals surface area contributed by atoms with Crippen molar-refractivity contribution in [2.45, 2.75) is 0 Å². The lowest BCUT2D eigenvalue weighted by Crippen LogP contribution is -2.03. The summed E-state index contributed by atoms with van der Waals surface area (Å²) >= 11 is 0. The summed E-state index contributed by atoms with van der Waals surface area (Å²) in [6.07, 6.45) is 0. The van der Waals surface area contributed by atoms with Crippen molar-refractivity contribution in [3.05, 3.63) is 59.7 Å². The maximum atomic E-state index is 12.3. The maximum absolute atomic E-state index is 12.3. The number of carbonyl (C=O) groups is 1. The molecule has 0 radical (unpaired) electrons. The minimum Gasteiger partial charge on any atom is -0.388 e. The molecule has 0 fully saturated rings. The molecule has 0 atom stereocenters. The van der Waals surface area contributed by atoms with Gasteiger partial charge in [0.15, 0.2) is 5.78 Å². The number of anilines is 2. The third-order valence-electron chi connectivity index (χ3n) is 2.81. The van der Waals surface area contributed by atoms with E-state index in [9.17, 15) is 4.79 Å². The van der Waals surface area contributed by atoms with Crippen molar-refractivity contribution in [2.24, 2.45) is 0 Å². The Bertz CT molecular complexity index is 527. The summed E-state index contributed by atoms with van der Waals surface area (Å²) in [5.74, 6) is 0.0317. The van der Waals surface area contributed by atoms with Gasteiger partial charge in [-0.3, -0.25) is 4.79 Å². The highest BCUT2D eigenvalue weighted by Gasteiger charge is 2.10. The van der Waals surface area contributed by atoms with Gasteiger partial charge in [-0.25, -0.2) is 0 Å². The topological polar surface area (TPSA) is 41.1 Å². The molecule has 0 aliphatic heterocycles. The number of rotatable bonds is 4. The Morgan fingerprint density at radius 2 is 1.39 bits per heavy atom. The van der Waals surface area contributed by atoms with Crippen molar-refractivity contribution >= 4 is 17.2 Å². The lowest BCUT2D eigenvalue weighted by molar-refractivity contribution is 0.103. The summed E-state index contributed by atoms with van der Waals surface area (Å²) in [6.45, 7) is 0. The van der Waals surface area contributed by atoms with Gasteiger partial charge in [0.1, 0.15) is 0 Å². The zero-order valence-corrected chi connectivity index (χ0v) is 10.5. The SMILES string of the molecule is CNc1cc(NC)cc(C(=O)c2ccccc2)c1. The Balaban J connectivity index is 2.41. The molecule has 2 aromatic carbocycles. The van der Waals surface area contributed by atoms with Crippen LogP contribution in [0.15, 0.2) is 48.5 Å². The van der Waals surface area contributed by atoms with Crippen LogP contribution in [0.2, 0.25) is 0 Å². The second-order valence-electron chi connectivity index (χ2n) is 3.99. The lowest BCUT2D eigenvalue weighted by atomic mass is 10.0. The number of benzene rings is 2. The van der Waals surface area contributed by atoms with Crippen molar-refractivity contribution in [1.29, 1.82) is 0 Å². The van der Waals surface area contributed by atoms with E-state index in [0.717, 1.165) is 11.4 Å². The Labute approximate surface area is 107 Å². The van der Waals surface area contributed by atoms with Crippen LogP contribution in [-0.4, -0.2) is 19.9 Å².